The molecular formula is C108H210. The Morgan fingerprint density at radius 3 is 0.963 bits per heavy atom. The van der Waals surface area contributed by atoms with Crippen molar-refractivity contribution in [2.45, 2.75) is 514 Å². The van der Waals surface area contributed by atoms with Crippen LogP contribution in [-0.2, 0) is 0 Å². The zero-order valence-corrected chi connectivity index (χ0v) is 82.5. The lowest BCUT2D eigenvalue weighted by Gasteiger charge is -2.49. The van der Waals surface area contributed by atoms with Gasteiger partial charge in [-0.1, -0.05) is 347 Å². The number of fused-ring (bicyclic) bond motifs is 6. The highest BCUT2D eigenvalue weighted by Gasteiger charge is 2.48. The molecule has 642 valence electrons. The van der Waals surface area contributed by atoms with Gasteiger partial charge in [0.2, 0.25) is 0 Å². The van der Waals surface area contributed by atoms with E-state index in [1.165, 1.54) is 218 Å². The van der Waals surface area contributed by atoms with E-state index in [1.807, 2.05) is 0 Å². The van der Waals surface area contributed by atoms with Crippen LogP contribution in [0.4, 0.5) is 0 Å². The smallest absolute Gasteiger partial charge is 0.0297 e. The summed E-state index contributed by atoms with van der Waals surface area (Å²) in [7, 11) is 0. The molecule has 14 rings (SSSR count). The SMILES string of the molecule is CC(C)(C)C1CCC1.CC1(C)CC(C)(C)CC(C)(C)C1.CC1C(C)(C)CCCC1(C)C.CC1C2CCC(C2)[C@H]1C.CC1CC(C)(C)CC(C)(C)C1.CC1CCC(C)(C)CC1.CC1CCCC(C)C1C.CCC1CC(C)(C)CC(C)(C)C1.CCC1CC2CCC1C2.C[C@@H]1CCCCC1(C)C.C[C@H]1CC2CCC1(C)C2. The predicted octanol–water partition coefficient (Wildman–Crippen LogP) is 36.9. The maximum Gasteiger partial charge on any atom is -0.0297 e. The van der Waals surface area contributed by atoms with Gasteiger partial charge in [0.05, 0.1) is 0 Å². The first-order chi connectivity index (χ1) is 49.1. The second-order valence-corrected chi connectivity index (χ2v) is 53.3. The van der Waals surface area contributed by atoms with E-state index in [-0.39, 0.29) is 0 Å². The minimum absolute atomic E-state index is 0.547. The highest BCUT2D eigenvalue weighted by Crippen LogP contribution is 2.59. The van der Waals surface area contributed by atoms with Gasteiger partial charge in [-0.05, 0) is 344 Å². The third-order valence-electron chi connectivity index (χ3n) is 34.9. The molecule has 10 unspecified atom stereocenters. The maximum atomic E-state index is 2.48. The van der Waals surface area contributed by atoms with Crippen molar-refractivity contribution < 1.29 is 0 Å². The molecule has 14 aliphatic rings. The lowest BCUT2D eigenvalue weighted by Crippen LogP contribution is -2.38. The fourth-order valence-electron chi connectivity index (χ4n) is 28.2. The zero-order chi connectivity index (χ0) is 82.5. The summed E-state index contributed by atoms with van der Waals surface area (Å²) in [6.07, 6.45) is 57.1. The van der Waals surface area contributed by atoms with Crippen molar-refractivity contribution in [3.63, 3.8) is 0 Å². The first-order valence-electron chi connectivity index (χ1n) is 49.1. The van der Waals surface area contributed by atoms with Crippen LogP contribution in [0, 0.1) is 177 Å². The summed E-state index contributed by atoms with van der Waals surface area (Å²) in [6.45, 7) is 91.3. The van der Waals surface area contributed by atoms with Crippen LogP contribution in [0.25, 0.3) is 0 Å². The van der Waals surface area contributed by atoms with Crippen LogP contribution in [0.2, 0.25) is 0 Å². The van der Waals surface area contributed by atoms with Gasteiger partial charge in [0.25, 0.3) is 0 Å². The number of hydrogen-bond acceptors (Lipinski definition) is 0. The number of hydrogen-bond donors (Lipinski definition) is 0. The molecular weight excluding hydrogens is 1300 g/mol. The minimum atomic E-state index is 0.547. The van der Waals surface area contributed by atoms with E-state index in [9.17, 15) is 0 Å². The number of rotatable bonds is 2. The lowest BCUT2D eigenvalue weighted by molar-refractivity contribution is 0.0202. The molecule has 14 aliphatic carbocycles. The first kappa shape index (κ1) is 100. The Balaban J connectivity index is 0.000000251. The summed E-state index contributed by atoms with van der Waals surface area (Å²) in [5.74, 6) is 18.6. The molecule has 0 heteroatoms. The molecule has 108 heavy (non-hydrogen) atoms. The van der Waals surface area contributed by atoms with E-state index in [1.54, 1.807) is 32.1 Å². The summed E-state index contributed by atoms with van der Waals surface area (Å²) >= 11 is 0. The van der Waals surface area contributed by atoms with Gasteiger partial charge >= 0.3 is 0 Å². The third-order valence-corrected chi connectivity index (χ3v) is 34.9. The molecule has 0 radical (unpaired) electrons. The highest BCUT2D eigenvalue weighted by atomic mass is 14.5. The third kappa shape index (κ3) is 34.1. The summed E-state index contributed by atoms with van der Waals surface area (Å²) in [5, 5.41) is 0. The van der Waals surface area contributed by atoms with Crippen molar-refractivity contribution in [3.05, 3.63) is 0 Å². The van der Waals surface area contributed by atoms with Gasteiger partial charge in [-0.2, -0.15) is 0 Å². The van der Waals surface area contributed by atoms with Crippen molar-refractivity contribution in [1.29, 1.82) is 0 Å². The lowest BCUT2D eigenvalue weighted by atomic mass is 9.56. The van der Waals surface area contributed by atoms with E-state index >= 15 is 0 Å². The van der Waals surface area contributed by atoms with E-state index in [2.05, 4.69) is 263 Å². The molecule has 14 fully saturated rings. The van der Waals surface area contributed by atoms with Gasteiger partial charge in [0.15, 0.2) is 0 Å². The van der Waals surface area contributed by atoms with Gasteiger partial charge in [0.1, 0.15) is 0 Å². The second kappa shape index (κ2) is 41.1. The minimum Gasteiger partial charge on any atom is -0.0651 e. The molecule has 0 heterocycles. The Bertz CT molecular complexity index is 2340. The van der Waals surface area contributed by atoms with Crippen molar-refractivity contribution >= 4 is 0 Å². The maximum absolute atomic E-state index is 2.48. The van der Waals surface area contributed by atoms with Crippen LogP contribution in [0.1, 0.15) is 514 Å². The van der Waals surface area contributed by atoms with Crippen molar-refractivity contribution in [1.82, 2.24) is 0 Å². The van der Waals surface area contributed by atoms with Crippen molar-refractivity contribution in [3.8, 4) is 0 Å². The fraction of sp³-hybridized carbons (Fsp3) is 1.00. The second-order valence-electron chi connectivity index (χ2n) is 53.3. The fourth-order valence-corrected chi connectivity index (χ4v) is 28.2. The quantitative estimate of drug-likeness (QED) is 0.259. The Kier molecular flexibility index (Phi) is 38.2. The van der Waals surface area contributed by atoms with Gasteiger partial charge < -0.3 is 0 Å². The monoisotopic (exact) mass is 1510 g/mol. The molecule has 0 saturated heterocycles. The van der Waals surface area contributed by atoms with Crippen molar-refractivity contribution in [2.24, 2.45) is 177 Å². The molecule has 6 bridgehead atoms. The Labute approximate surface area is 686 Å². The summed E-state index contributed by atoms with van der Waals surface area (Å²) < 4.78 is 0. The zero-order valence-electron chi connectivity index (χ0n) is 82.5. The molecule has 0 nitrogen and oxygen atoms in total. The molecule has 14 saturated carbocycles. The average Bonchev–Trinajstić information content (AvgIpc) is 1.46. The first-order valence-corrected chi connectivity index (χ1v) is 49.1. The standard InChI is InChI=1S/2C12H24.2C11H22.3C9H16.3C9H18.C8H16/c1-10(2)7-11(3,4)9-12(5,6)8-10;1-6-10-7-11(2,3)9-12(4,5)8-10;1-9-6-10(2,3)8-11(4,5)7-9;1-9-10(2,3)7-6-8-11(9,4)5;1-7-5-8-3-4-9(7,2)6-8;1-6-7(2)9-4-3-8(6)5-9;1-2-8-5-7-3-4-9(8)6-7;1-8-4-6-9(2,3)7-5-8;1-8-6-4-5-7-9(8,2)3;1-7-5-4-6-8(2)9(7)3;1-8(2,3)7-5-4-6-7/h7-9H2,1-6H3;10H,6-9H2,1-5H3;2*9H,6-8H2,1-5H3;7-8H,3-6H2,1-2H3;6-9H,3-5H2,1-2H3;7-9H,2-6H2,1H3;2*8H,4-7H2,1-3H3;7-9H,4-6H2,1-3H3;7H,4-6H2,1-3H3/t;;;;7-,8?,9?;6-,7?,8?,9?;;;8-;;/m....00..1../s1. The van der Waals surface area contributed by atoms with Crippen LogP contribution in [-0.4, -0.2) is 0 Å². The molecule has 0 aromatic rings. The topological polar surface area (TPSA) is 0 Å². The van der Waals surface area contributed by atoms with E-state index < -0.39 is 0 Å². The highest BCUT2D eigenvalue weighted by molar-refractivity contribution is 4.99. The Morgan fingerprint density at radius 2 is 0.713 bits per heavy atom. The Morgan fingerprint density at radius 1 is 0.287 bits per heavy atom. The van der Waals surface area contributed by atoms with E-state index in [0.717, 1.165) is 112 Å². The van der Waals surface area contributed by atoms with E-state index in [4.69, 9.17) is 0 Å². The average molecular weight is 1510 g/mol. The largest absolute Gasteiger partial charge is 0.0651 e. The summed E-state index contributed by atoms with van der Waals surface area (Å²) in [4.78, 5) is 0. The molecule has 13 atom stereocenters. The normalized spacial score (nSPS) is 37.0. The molecule has 0 aliphatic heterocycles. The van der Waals surface area contributed by atoms with Gasteiger partial charge in [-0.15, -0.1) is 0 Å². The van der Waals surface area contributed by atoms with Crippen LogP contribution >= 0.6 is 0 Å². The summed E-state index contributed by atoms with van der Waals surface area (Å²) in [6, 6.07) is 0. The van der Waals surface area contributed by atoms with Crippen LogP contribution < -0.4 is 0 Å². The van der Waals surface area contributed by atoms with Gasteiger partial charge in [0, 0.05) is 0 Å². The molecule has 0 spiro atoms. The molecule has 0 N–H and O–H groups in total. The van der Waals surface area contributed by atoms with E-state index in [0.29, 0.717) is 65.0 Å². The Hall–Kier alpha value is 0. The molecule has 0 aromatic heterocycles. The van der Waals surface area contributed by atoms with Gasteiger partial charge in [-0.25, -0.2) is 0 Å². The molecule has 0 aromatic carbocycles. The predicted molar refractivity (Wildman–Crippen MR) is 490 cm³/mol. The van der Waals surface area contributed by atoms with Gasteiger partial charge in [-0.3, -0.25) is 0 Å². The molecule has 0 amide bonds. The van der Waals surface area contributed by atoms with Crippen LogP contribution in [0.15, 0.2) is 0 Å². The van der Waals surface area contributed by atoms with Crippen LogP contribution in [0.5, 0.6) is 0 Å². The summed E-state index contributed by atoms with van der Waals surface area (Å²) in [5.41, 5.74) is 7.78. The van der Waals surface area contributed by atoms with Crippen molar-refractivity contribution in [2.75, 3.05) is 0 Å². The van der Waals surface area contributed by atoms with Crippen LogP contribution in [0.3, 0.4) is 0 Å².